The number of rotatable bonds is 7. The number of fused-ring (bicyclic) bond motifs is 3. The van der Waals surface area contributed by atoms with E-state index in [1.807, 2.05) is 30.3 Å². The Morgan fingerprint density at radius 1 is 1.09 bits per heavy atom. The van der Waals surface area contributed by atoms with Gasteiger partial charge >= 0.3 is 5.97 Å². The Balaban J connectivity index is 0.00000289. The molecule has 9 heteroatoms. The molecular weight excluding hydrogens is 512 g/mol. The Bertz CT molecular complexity index is 1010. The quantitative estimate of drug-likeness (QED) is 0.365. The molecule has 188 valence electrons. The molecule has 1 aromatic heterocycles. The number of carbonyl (C=O) groups excluding carboxylic acids is 2. The summed E-state index contributed by atoms with van der Waals surface area (Å²) in [4.78, 5) is 34.5. The Hall–Kier alpha value is -2.36. The van der Waals surface area contributed by atoms with Crippen molar-refractivity contribution >= 4 is 17.7 Å². The molecule has 3 saturated heterocycles. The van der Waals surface area contributed by atoms with E-state index in [4.69, 9.17) is 4.74 Å². The largest absolute Gasteiger partial charge is 1.00 e. The first-order valence-electron chi connectivity index (χ1n) is 12.4. The van der Waals surface area contributed by atoms with E-state index in [9.17, 15) is 14.7 Å². The molecule has 1 aliphatic carbocycles. The highest BCUT2D eigenvalue weighted by Crippen LogP contribution is 2.43. The van der Waals surface area contributed by atoms with Gasteiger partial charge in [0, 0.05) is 37.1 Å². The third kappa shape index (κ3) is 5.27. The van der Waals surface area contributed by atoms with Gasteiger partial charge in [-0.3, -0.25) is 9.78 Å². The fourth-order valence-corrected chi connectivity index (χ4v) is 6.21. The van der Waals surface area contributed by atoms with Gasteiger partial charge in [-0.25, -0.2) is 9.78 Å². The van der Waals surface area contributed by atoms with E-state index >= 15 is 0 Å². The number of aromatic nitrogens is 2. The van der Waals surface area contributed by atoms with Crippen molar-refractivity contribution in [1.29, 1.82) is 0 Å². The van der Waals surface area contributed by atoms with Crippen molar-refractivity contribution < 1.29 is 40.9 Å². The number of anilines is 1. The fraction of sp³-hybridized carbons (Fsp3) is 0.538. The lowest BCUT2D eigenvalue weighted by Crippen LogP contribution is -3.00. The molecule has 2 aromatic rings. The molecular formula is C26H33BrN4O4. The van der Waals surface area contributed by atoms with Crippen LogP contribution in [0.2, 0.25) is 0 Å². The van der Waals surface area contributed by atoms with Crippen LogP contribution in [0, 0.1) is 11.8 Å². The molecule has 1 amide bonds. The summed E-state index contributed by atoms with van der Waals surface area (Å²) in [5.74, 6) is -0.0748. The monoisotopic (exact) mass is 544 g/mol. The highest BCUT2D eigenvalue weighted by Gasteiger charge is 2.53. The van der Waals surface area contributed by atoms with Crippen molar-refractivity contribution in [2.24, 2.45) is 11.8 Å². The smallest absolute Gasteiger partial charge is 0.343 e. The Kier molecular flexibility index (Phi) is 7.88. The van der Waals surface area contributed by atoms with E-state index in [2.05, 4.69) is 15.3 Å². The SMILES string of the molecule is O=C(C[N+]12CCC(CC1)[C@@H](OC(=O)C(O)(c1ccccc1)C1CCCC1)C2)Nc1cnccn1.[Br-]. The minimum absolute atomic E-state index is 0. The number of amides is 1. The van der Waals surface area contributed by atoms with Crippen LogP contribution < -0.4 is 22.3 Å². The molecule has 2 N–H and O–H groups in total. The standard InChI is InChI=1S/C26H32N4O4.BrH/c31-24(29-23-16-27-12-13-28-23)18-30-14-10-19(11-15-30)22(17-30)34-25(32)26(33,21-8-4-5-9-21)20-6-2-1-3-7-20;/h1-3,6-7,12-13,16,19,21-22,33H,4-5,8-11,14-15,17-18H2;1H/t19?,22-,26?,30?;/m0./s1. The van der Waals surface area contributed by atoms with Crippen LogP contribution >= 0.6 is 0 Å². The molecule has 3 aliphatic heterocycles. The van der Waals surface area contributed by atoms with Gasteiger partial charge in [0.1, 0.15) is 6.54 Å². The maximum Gasteiger partial charge on any atom is 0.343 e. The number of esters is 1. The predicted octanol–water partition coefficient (Wildman–Crippen LogP) is -0.351. The molecule has 35 heavy (non-hydrogen) atoms. The average Bonchev–Trinajstić information content (AvgIpc) is 3.40. The molecule has 1 saturated carbocycles. The van der Waals surface area contributed by atoms with Gasteiger partial charge in [0.05, 0.1) is 19.3 Å². The molecule has 6 rings (SSSR count). The summed E-state index contributed by atoms with van der Waals surface area (Å²) in [6.45, 7) is 2.68. The van der Waals surface area contributed by atoms with Crippen molar-refractivity contribution in [3.05, 3.63) is 54.5 Å². The summed E-state index contributed by atoms with van der Waals surface area (Å²) in [5.41, 5.74) is -1.02. The lowest BCUT2D eigenvalue weighted by molar-refractivity contribution is -0.939. The van der Waals surface area contributed by atoms with Crippen LogP contribution in [0.5, 0.6) is 0 Å². The van der Waals surface area contributed by atoms with Gasteiger partial charge in [0.25, 0.3) is 5.91 Å². The maximum absolute atomic E-state index is 13.6. The lowest BCUT2D eigenvalue weighted by Gasteiger charge is -2.51. The number of piperidine rings is 3. The topological polar surface area (TPSA) is 101 Å². The lowest BCUT2D eigenvalue weighted by atomic mass is 9.79. The van der Waals surface area contributed by atoms with E-state index in [0.29, 0.717) is 29.0 Å². The van der Waals surface area contributed by atoms with Gasteiger partial charge < -0.3 is 36.6 Å². The van der Waals surface area contributed by atoms with E-state index in [0.717, 1.165) is 51.6 Å². The molecule has 4 heterocycles. The number of benzene rings is 1. The minimum atomic E-state index is -1.63. The number of nitrogens with one attached hydrogen (secondary N) is 1. The van der Waals surface area contributed by atoms with Crippen molar-refractivity contribution in [1.82, 2.24) is 9.97 Å². The van der Waals surface area contributed by atoms with E-state index in [-0.39, 0.29) is 40.8 Å². The minimum Gasteiger partial charge on any atom is -1.00 e. The molecule has 4 aliphatic rings. The fourth-order valence-electron chi connectivity index (χ4n) is 6.21. The second kappa shape index (κ2) is 10.7. The van der Waals surface area contributed by atoms with E-state index in [1.54, 1.807) is 12.4 Å². The second-order valence-corrected chi connectivity index (χ2v) is 10.2. The molecule has 0 radical (unpaired) electrons. The first kappa shape index (κ1) is 25.7. The molecule has 0 spiro atoms. The average molecular weight is 545 g/mol. The van der Waals surface area contributed by atoms with Gasteiger partial charge in [0.15, 0.2) is 24.1 Å². The Morgan fingerprint density at radius 3 is 2.46 bits per heavy atom. The van der Waals surface area contributed by atoms with Crippen molar-refractivity contribution in [2.45, 2.75) is 50.2 Å². The van der Waals surface area contributed by atoms with Gasteiger partial charge in [-0.15, -0.1) is 0 Å². The molecule has 8 nitrogen and oxygen atoms in total. The molecule has 2 bridgehead atoms. The second-order valence-electron chi connectivity index (χ2n) is 10.2. The van der Waals surface area contributed by atoms with Crippen LogP contribution in [0.15, 0.2) is 48.9 Å². The number of hydrogen-bond donors (Lipinski definition) is 2. The number of quaternary nitrogens is 1. The van der Waals surface area contributed by atoms with Crippen LogP contribution in [0.1, 0.15) is 44.1 Å². The zero-order chi connectivity index (χ0) is 23.6. The van der Waals surface area contributed by atoms with Gasteiger partial charge in [-0.05, 0) is 18.4 Å². The number of carbonyl (C=O) groups is 2. The number of ether oxygens (including phenoxy) is 1. The Morgan fingerprint density at radius 2 is 1.80 bits per heavy atom. The number of nitrogens with zero attached hydrogens (tertiary/aromatic N) is 3. The van der Waals surface area contributed by atoms with Gasteiger partial charge in [-0.1, -0.05) is 43.2 Å². The highest BCUT2D eigenvalue weighted by atomic mass is 79.9. The molecule has 1 unspecified atom stereocenters. The number of halogens is 1. The van der Waals surface area contributed by atoms with Crippen LogP contribution in [0.4, 0.5) is 5.82 Å². The summed E-state index contributed by atoms with van der Waals surface area (Å²) in [6, 6.07) is 9.23. The highest BCUT2D eigenvalue weighted by molar-refractivity contribution is 5.90. The van der Waals surface area contributed by atoms with Crippen LogP contribution in [0.3, 0.4) is 0 Å². The van der Waals surface area contributed by atoms with Gasteiger partial charge in [0.2, 0.25) is 0 Å². The summed E-state index contributed by atoms with van der Waals surface area (Å²) in [7, 11) is 0. The zero-order valence-electron chi connectivity index (χ0n) is 19.8. The maximum atomic E-state index is 13.6. The molecule has 4 fully saturated rings. The first-order valence-corrected chi connectivity index (χ1v) is 12.4. The normalized spacial score (nSPS) is 27.5. The zero-order valence-corrected chi connectivity index (χ0v) is 21.4. The third-order valence-electron chi connectivity index (χ3n) is 8.08. The summed E-state index contributed by atoms with van der Waals surface area (Å²) in [5, 5.41) is 14.6. The summed E-state index contributed by atoms with van der Waals surface area (Å²) >= 11 is 0. The van der Waals surface area contributed by atoms with Crippen molar-refractivity contribution in [3.8, 4) is 0 Å². The molecule has 2 atom stereocenters. The van der Waals surface area contributed by atoms with Crippen LogP contribution in [-0.2, 0) is 19.9 Å². The molecule has 1 aromatic carbocycles. The van der Waals surface area contributed by atoms with Crippen LogP contribution in [-0.4, -0.2) is 63.7 Å². The predicted molar refractivity (Wildman–Crippen MR) is 125 cm³/mol. The van der Waals surface area contributed by atoms with E-state index in [1.165, 1.54) is 6.20 Å². The van der Waals surface area contributed by atoms with Crippen LogP contribution in [0.25, 0.3) is 0 Å². The van der Waals surface area contributed by atoms with E-state index < -0.39 is 11.6 Å². The number of hydrogen-bond acceptors (Lipinski definition) is 6. The van der Waals surface area contributed by atoms with Gasteiger partial charge in [-0.2, -0.15) is 0 Å². The van der Waals surface area contributed by atoms with Crippen molar-refractivity contribution in [2.75, 3.05) is 31.5 Å². The third-order valence-corrected chi connectivity index (χ3v) is 8.08. The number of aliphatic hydroxyl groups is 1. The first-order chi connectivity index (χ1) is 16.5. The summed E-state index contributed by atoms with van der Waals surface area (Å²) in [6.07, 6.45) is 9.81. The van der Waals surface area contributed by atoms with Crippen molar-refractivity contribution in [3.63, 3.8) is 0 Å². The summed E-state index contributed by atoms with van der Waals surface area (Å²) < 4.78 is 6.71. The Labute approximate surface area is 216 Å².